The Labute approximate surface area is 171 Å². The Bertz CT molecular complexity index is 1050. The van der Waals surface area contributed by atoms with Crippen LogP contribution in [0.1, 0.15) is 21.6 Å². The molecule has 0 N–H and O–H groups in total. The summed E-state index contributed by atoms with van der Waals surface area (Å²) in [6, 6.07) is 5.59. The molecule has 1 saturated heterocycles. The van der Waals surface area contributed by atoms with Gasteiger partial charge in [0.05, 0.1) is 17.4 Å². The van der Waals surface area contributed by atoms with Crippen LogP contribution in [0.3, 0.4) is 0 Å². The molecular formula is C21H21F3N4O2. The number of aryl methyl sites for hydroxylation is 2. The van der Waals surface area contributed by atoms with Crippen LogP contribution >= 0.6 is 0 Å². The number of piperazine rings is 1. The van der Waals surface area contributed by atoms with Crippen LogP contribution in [-0.4, -0.2) is 46.5 Å². The zero-order valence-corrected chi connectivity index (χ0v) is 16.6. The van der Waals surface area contributed by atoms with E-state index in [0.717, 1.165) is 29.5 Å². The van der Waals surface area contributed by atoms with Gasteiger partial charge in [0.1, 0.15) is 17.3 Å². The number of furan rings is 1. The van der Waals surface area contributed by atoms with Crippen LogP contribution in [0.4, 0.5) is 19.0 Å². The lowest BCUT2D eigenvalue weighted by molar-refractivity contribution is -0.137. The molecule has 0 unspecified atom stereocenters. The molecule has 3 aromatic heterocycles. The van der Waals surface area contributed by atoms with Crippen LogP contribution < -0.4 is 4.90 Å². The Morgan fingerprint density at radius 3 is 2.53 bits per heavy atom. The molecule has 4 heterocycles. The molecule has 4 rings (SSSR count). The molecule has 0 radical (unpaired) electrons. The largest absolute Gasteiger partial charge is 0.464 e. The summed E-state index contributed by atoms with van der Waals surface area (Å²) in [6.07, 6.45) is 0.199. The van der Waals surface area contributed by atoms with Crippen molar-refractivity contribution in [2.24, 2.45) is 7.05 Å². The van der Waals surface area contributed by atoms with Crippen LogP contribution in [0.25, 0.3) is 11.3 Å². The highest BCUT2D eigenvalue weighted by Crippen LogP contribution is 2.32. The standard InChI is InChI=1S/C21H21F3N4O2/c1-14-13-26(2)19(18(14)16-4-3-11-30-16)20(29)28-9-7-27(8-10-28)17-12-15(5-6-25-17)21(22,23)24/h3-6,11-13H,7-10H2,1-2H3. The number of anilines is 1. The fourth-order valence-corrected chi connectivity index (χ4v) is 3.83. The van der Waals surface area contributed by atoms with Gasteiger partial charge in [0.2, 0.25) is 0 Å². The highest BCUT2D eigenvalue weighted by Gasteiger charge is 2.32. The molecule has 0 spiro atoms. The van der Waals surface area contributed by atoms with Crippen LogP contribution in [0, 0.1) is 6.92 Å². The summed E-state index contributed by atoms with van der Waals surface area (Å²) < 4.78 is 46.2. The van der Waals surface area contributed by atoms with Crippen molar-refractivity contribution in [1.29, 1.82) is 0 Å². The molecule has 3 aromatic rings. The Balaban J connectivity index is 1.51. The van der Waals surface area contributed by atoms with Gasteiger partial charge in [-0.2, -0.15) is 13.2 Å². The number of pyridine rings is 1. The third kappa shape index (κ3) is 3.67. The van der Waals surface area contributed by atoms with Crippen molar-refractivity contribution in [1.82, 2.24) is 14.5 Å². The van der Waals surface area contributed by atoms with E-state index in [2.05, 4.69) is 4.98 Å². The number of alkyl halides is 3. The second kappa shape index (κ2) is 7.55. The van der Waals surface area contributed by atoms with E-state index in [1.165, 1.54) is 0 Å². The van der Waals surface area contributed by atoms with Gasteiger partial charge in [-0.05, 0) is 36.8 Å². The van der Waals surface area contributed by atoms with Gasteiger partial charge < -0.3 is 18.8 Å². The van der Waals surface area contributed by atoms with Crippen molar-refractivity contribution in [3.8, 4) is 11.3 Å². The molecule has 0 aromatic carbocycles. The molecule has 1 aliphatic heterocycles. The summed E-state index contributed by atoms with van der Waals surface area (Å²) in [5.74, 6) is 0.764. The number of rotatable bonds is 3. The van der Waals surface area contributed by atoms with E-state index in [9.17, 15) is 18.0 Å². The highest BCUT2D eigenvalue weighted by molar-refractivity contribution is 6.00. The average Bonchev–Trinajstić information content (AvgIpc) is 3.34. The molecule has 9 heteroatoms. The molecule has 0 aliphatic carbocycles. The summed E-state index contributed by atoms with van der Waals surface area (Å²) >= 11 is 0. The van der Waals surface area contributed by atoms with Gasteiger partial charge in [0, 0.05) is 45.6 Å². The van der Waals surface area contributed by atoms with E-state index >= 15 is 0 Å². The topological polar surface area (TPSA) is 54.5 Å². The lowest BCUT2D eigenvalue weighted by Crippen LogP contribution is -2.49. The minimum atomic E-state index is -4.41. The van der Waals surface area contributed by atoms with Crippen molar-refractivity contribution in [3.63, 3.8) is 0 Å². The van der Waals surface area contributed by atoms with Crippen LogP contribution in [0.15, 0.2) is 47.3 Å². The van der Waals surface area contributed by atoms with E-state index < -0.39 is 11.7 Å². The van der Waals surface area contributed by atoms with E-state index in [1.807, 2.05) is 26.2 Å². The molecule has 1 amide bonds. The smallest absolute Gasteiger partial charge is 0.416 e. The monoisotopic (exact) mass is 418 g/mol. The number of nitrogens with zero attached hydrogens (tertiary/aromatic N) is 4. The zero-order valence-electron chi connectivity index (χ0n) is 16.6. The second-order valence-corrected chi connectivity index (χ2v) is 7.30. The molecule has 1 aliphatic rings. The van der Waals surface area contributed by atoms with Crippen molar-refractivity contribution >= 4 is 11.7 Å². The number of carbonyl (C=O) groups is 1. The van der Waals surface area contributed by atoms with E-state index in [0.29, 0.717) is 37.6 Å². The van der Waals surface area contributed by atoms with E-state index in [1.54, 1.807) is 26.7 Å². The third-order valence-corrected chi connectivity index (χ3v) is 5.31. The first-order valence-electron chi connectivity index (χ1n) is 9.53. The fraction of sp³-hybridized carbons (Fsp3) is 0.333. The first-order chi connectivity index (χ1) is 14.3. The molecule has 158 valence electrons. The third-order valence-electron chi connectivity index (χ3n) is 5.31. The minimum Gasteiger partial charge on any atom is -0.464 e. The Kier molecular flexibility index (Phi) is 5.05. The van der Waals surface area contributed by atoms with Crippen LogP contribution in [0.5, 0.6) is 0 Å². The van der Waals surface area contributed by atoms with Gasteiger partial charge in [-0.1, -0.05) is 0 Å². The molecule has 0 bridgehead atoms. The predicted octanol–water partition coefficient (Wildman–Crippen LogP) is 3.97. The van der Waals surface area contributed by atoms with Gasteiger partial charge in [-0.25, -0.2) is 4.98 Å². The first kappa shape index (κ1) is 20.1. The van der Waals surface area contributed by atoms with E-state index in [4.69, 9.17) is 4.42 Å². The Morgan fingerprint density at radius 2 is 1.90 bits per heavy atom. The summed E-state index contributed by atoms with van der Waals surface area (Å²) in [7, 11) is 1.81. The van der Waals surface area contributed by atoms with Crippen molar-refractivity contribution in [2.45, 2.75) is 13.1 Å². The summed E-state index contributed by atoms with van der Waals surface area (Å²) in [5.41, 5.74) is 1.50. The van der Waals surface area contributed by atoms with Gasteiger partial charge >= 0.3 is 6.18 Å². The molecule has 0 saturated carbocycles. The predicted molar refractivity (Wildman–Crippen MR) is 105 cm³/mol. The van der Waals surface area contributed by atoms with Crippen molar-refractivity contribution < 1.29 is 22.4 Å². The summed E-state index contributed by atoms with van der Waals surface area (Å²) in [5, 5.41) is 0. The molecule has 6 nitrogen and oxygen atoms in total. The van der Waals surface area contributed by atoms with Crippen molar-refractivity contribution in [3.05, 3.63) is 59.7 Å². The second-order valence-electron chi connectivity index (χ2n) is 7.30. The number of aromatic nitrogens is 2. The lowest BCUT2D eigenvalue weighted by Gasteiger charge is -2.35. The Hall–Kier alpha value is -3.23. The average molecular weight is 418 g/mol. The van der Waals surface area contributed by atoms with Gasteiger partial charge in [0.15, 0.2) is 0 Å². The maximum absolute atomic E-state index is 13.3. The summed E-state index contributed by atoms with van der Waals surface area (Å²) in [6.45, 7) is 3.50. The van der Waals surface area contributed by atoms with Gasteiger partial charge in [-0.3, -0.25) is 4.79 Å². The Morgan fingerprint density at radius 1 is 1.17 bits per heavy atom. The van der Waals surface area contributed by atoms with E-state index in [-0.39, 0.29) is 11.7 Å². The summed E-state index contributed by atoms with van der Waals surface area (Å²) in [4.78, 5) is 20.8. The number of carbonyl (C=O) groups excluding carboxylic acids is 1. The van der Waals surface area contributed by atoms with Gasteiger partial charge in [-0.15, -0.1) is 0 Å². The number of amides is 1. The van der Waals surface area contributed by atoms with Crippen LogP contribution in [0.2, 0.25) is 0 Å². The zero-order chi connectivity index (χ0) is 21.5. The lowest BCUT2D eigenvalue weighted by atomic mass is 10.1. The number of hydrogen-bond donors (Lipinski definition) is 0. The SMILES string of the molecule is Cc1cn(C)c(C(=O)N2CCN(c3cc(C(F)(F)F)ccn3)CC2)c1-c1ccco1. The van der Waals surface area contributed by atoms with Gasteiger partial charge in [0.25, 0.3) is 5.91 Å². The quantitative estimate of drug-likeness (QED) is 0.646. The molecule has 1 fully saturated rings. The normalized spacial score (nSPS) is 15.0. The maximum Gasteiger partial charge on any atom is 0.416 e. The fourth-order valence-electron chi connectivity index (χ4n) is 3.83. The molecule has 0 atom stereocenters. The molecular weight excluding hydrogens is 397 g/mol. The maximum atomic E-state index is 13.3. The van der Waals surface area contributed by atoms with Crippen LogP contribution in [-0.2, 0) is 13.2 Å². The van der Waals surface area contributed by atoms with Crippen molar-refractivity contribution in [2.75, 3.05) is 31.1 Å². The highest BCUT2D eigenvalue weighted by atomic mass is 19.4. The number of hydrogen-bond acceptors (Lipinski definition) is 4. The minimum absolute atomic E-state index is 0.131. The molecule has 30 heavy (non-hydrogen) atoms. The number of halogens is 3. The first-order valence-corrected chi connectivity index (χ1v) is 9.53.